The lowest BCUT2D eigenvalue weighted by molar-refractivity contribution is 0.0756. The number of piperidine rings is 1. The molecular formula is C34H37F2NO3Si. The molecule has 3 aromatic carbocycles. The lowest BCUT2D eigenvalue weighted by atomic mass is 9.95. The molecule has 214 valence electrons. The van der Waals surface area contributed by atoms with E-state index in [1.54, 1.807) is 30.3 Å². The molecule has 0 amide bonds. The fraction of sp³-hybridized carbons (Fsp3) is 0.353. The maximum atomic E-state index is 16.5. The number of ether oxygens (including phenoxy) is 2. The summed E-state index contributed by atoms with van der Waals surface area (Å²) in [7, 11) is -2.46. The topological polar surface area (TPSA) is 41.9 Å². The predicted molar refractivity (Wildman–Crippen MR) is 162 cm³/mol. The Hall–Kier alpha value is -3.26. The van der Waals surface area contributed by atoms with Crippen molar-refractivity contribution in [1.29, 1.82) is 0 Å². The number of fused-ring (bicyclic) bond motifs is 4. The SMILES string of the molecule is C[Si](C)(C)C1=C(F)c2c3c(cc(O)c2=c2ccccc2=C1F)=CC(c1ccc(OCCN2CCCCC2)cc1)OC3. The standard InChI is InChI=1S/C34H37F2NO3Si/c1-41(2,3)34-32(35)26-10-6-5-9-25(26)30-28(38)19-23-20-29(40-21-27(23)31(30)33(34)36)22-11-13-24(14-12-22)39-18-17-37-15-7-4-8-16-37/h5-6,9-14,19-20,29,38H,4,7-8,15-18,21H2,1-3H3. The van der Waals surface area contributed by atoms with Gasteiger partial charge < -0.3 is 14.6 Å². The van der Waals surface area contributed by atoms with Crippen LogP contribution in [0.1, 0.15) is 42.1 Å². The average molecular weight is 574 g/mol. The van der Waals surface area contributed by atoms with E-state index in [0.717, 1.165) is 30.9 Å². The number of allylic oxidation sites excluding steroid dienone is 1. The van der Waals surface area contributed by atoms with E-state index in [4.69, 9.17) is 9.47 Å². The molecule has 1 atom stereocenters. The van der Waals surface area contributed by atoms with E-state index in [1.807, 2.05) is 50.0 Å². The van der Waals surface area contributed by atoms with Crippen molar-refractivity contribution in [2.75, 3.05) is 26.2 Å². The van der Waals surface area contributed by atoms with E-state index >= 15 is 8.78 Å². The molecule has 1 fully saturated rings. The number of rotatable bonds is 6. The van der Waals surface area contributed by atoms with Gasteiger partial charge in [-0.05, 0) is 71.8 Å². The van der Waals surface area contributed by atoms with Crippen molar-refractivity contribution in [3.63, 3.8) is 0 Å². The van der Waals surface area contributed by atoms with Gasteiger partial charge >= 0.3 is 0 Å². The summed E-state index contributed by atoms with van der Waals surface area (Å²) in [6.45, 7) is 9.83. The Morgan fingerprint density at radius 2 is 1.66 bits per heavy atom. The van der Waals surface area contributed by atoms with E-state index in [1.165, 1.54) is 19.3 Å². The Morgan fingerprint density at radius 1 is 0.951 bits per heavy atom. The van der Waals surface area contributed by atoms with Crippen molar-refractivity contribution in [2.45, 2.75) is 51.6 Å². The Bertz CT molecular complexity index is 1720. The van der Waals surface area contributed by atoms with E-state index in [-0.39, 0.29) is 29.2 Å². The molecule has 1 N–H and O–H groups in total. The van der Waals surface area contributed by atoms with Crippen LogP contribution in [-0.4, -0.2) is 44.3 Å². The van der Waals surface area contributed by atoms with Gasteiger partial charge in [-0.15, -0.1) is 0 Å². The van der Waals surface area contributed by atoms with Gasteiger partial charge in [0.1, 0.15) is 35.9 Å². The van der Waals surface area contributed by atoms with Crippen molar-refractivity contribution in [2.24, 2.45) is 0 Å². The van der Waals surface area contributed by atoms with Crippen molar-refractivity contribution >= 4 is 25.8 Å². The summed E-state index contributed by atoms with van der Waals surface area (Å²) < 4.78 is 44.7. The summed E-state index contributed by atoms with van der Waals surface area (Å²) in [6.07, 6.45) is 5.39. The van der Waals surface area contributed by atoms with Crippen LogP contribution in [0.5, 0.6) is 11.5 Å². The Morgan fingerprint density at radius 3 is 2.37 bits per heavy atom. The van der Waals surface area contributed by atoms with Gasteiger partial charge in [0, 0.05) is 27.7 Å². The van der Waals surface area contributed by atoms with Crippen LogP contribution < -0.4 is 15.2 Å². The fourth-order valence-electron chi connectivity index (χ4n) is 6.26. The lowest BCUT2D eigenvalue weighted by Crippen LogP contribution is -2.33. The third-order valence-corrected chi connectivity index (χ3v) is 10.3. The van der Waals surface area contributed by atoms with Gasteiger partial charge in [-0.3, -0.25) is 4.90 Å². The molecule has 7 heteroatoms. The minimum absolute atomic E-state index is 0.0691. The third kappa shape index (κ3) is 5.38. The fourth-order valence-corrected chi connectivity index (χ4v) is 7.84. The zero-order valence-corrected chi connectivity index (χ0v) is 25.0. The molecule has 0 spiro atoms. The number of phenolic OH excluding ortho intramolecular Hbond substituents is 1. The second-order valence-corrected chi connectivity index (χ2v) is 17.2. The summed E-state index contributed by atoms with van der Waals surface area (Å²) in [4.78, 5) is 2.45. The molecule has 2 heterocycles. The lowest BCUT2D eigenvalue weighted by Gasteiger charge is -2.26. The largest absolute Gasteiger partial charge is 0.507 e. The Labute approximate surface area is 240 Å². The minimum Gasteiger partial charge on any atom is -0.507 e. The van der Waals surface area contributed by atoms with Gasteiger partial charge in [0.05, 0.1) is 14.7 Å². The van der Waals surface area contributed by atoms with Crippen LogP contribution in [0.2, 0.25) is 19.6 Å². The smallest absolute Gasteiger partial charge is 0.133 e. The van der Waals surface area contributed by atoms with Crippen molar-refractivity contribution < 1.29 is 23.4 Å². The first kappa shape index (κ1) is 27.9. The van der Waals surface area contributed by atoms with Crippen molar-refractivity contribution in [3.05, 3.63) is 97.4 Å². The van der Waals surface area contributed by atoms with Crippen molar-refractivity contribution in [1.82, 2.24) is 4.90 Å². The van der Waals surface area contributed by atoms with Crippen LogP contribution in [0.25, 0.3) is 17.7 Å². The molecule has 1 saturated heterocycles. The number of benzene rings is 3. The highest BCUT2D eigenvalue weighted by molar-refractivity contribution is 6.86. The second-order valence-electron chi connectivity index (χ2n) is 12.2. The Balaban J connectivity index is 1.37. The molecule has 0 saturated carbocycles. The molecular weight excluding hydrogens is 536 g/mol. The molecule has 1 aliphatic carbocycles. The van der Waals surface area contributed by atoms with Crippen LogP contribution in [0.4, 0.5) is 8.78 Å². The molecule has 3 aromatic rings. The maximum absolute atomic E-state index is 16.5. The third-order valence-electron chi connectivity index (χ3n) is 8.36. The first-order valence-corrected chi connectivity index (χ1v) is 18.1. The predicted octanol–water partition coefficient (Wildman–Crippen LogP) is 6.25. The first-order chi connectivity index (χ1) is 19.7. The number of hydrogen-bond acceptors (Lipinski definition) is 4. The molecule has 2 aliphatic heterocycles. The molecule has 41 heavy (non-hydrogen) atoms. The van der Waals surface area contributed by atoms with Crippen LogP contribution in [-0.2, 0) is 11.3 Å². The minimum atomic E-state index is -2.46. The van der Waals surface area contributed by atoms with Gasteiger partial charge in [-0.25, -0.2) is 8.78 Å². The number of aromatic hydroxyl groups is 1. The monoisotopic (exact) mass is 573 g/mol. The van der Waals surface area contributed by atoms with Gasteiger partial charge in [0.2, 0.25) is 0 Å². The molecule has 0 bridgehead atoms. The number of likely N-dealkylation sites (tertiary alicyclic amines) is 1. The van der Waals surface area contributed by atoms with Crippen LogP contribution in [0, 0.1) is 10.4 Å². The molecule has 3 aliphatic rings. The number of phenols is 1. The highest BCUT2D eigenvalue weighted by Gasteiger charge is 2.33. The first-order valence-electron chi connectivity index (χ1n) is 14.6. The van der Waals surface area contributed by atoms with Gasteiger partial charge in [0.25, 0.3) is 0 Å². The van der Waals surface area contributed by atoms with Gasteiger partial charge in [-0.2, -0.15) is 0 Å². The highest BCUT2D eigenvalue weighted by atomic mass is 28.3. The zero-order valence-electron chi connectivity index (χ0n) is 24.0. The molecule has 6 rings (SSSR count). The molecule has 0 aromatic heterocycles. The van der Waals surface area contributed by atoms with Crippen LogP contribution in [0.15, 0.2) is 59.8 Å². The van der Waals surface area contributed by atoms with Crippen LogP contribution >= 0.6 is 0 Å². The summed E-state index contributed by atoms with van der Waals surface area (Å²) in [5.74, 6) is -0.395. The normalized spacial score (nSPS) is 19.1. The Kier molecular flexibility index (Phi) is 7.61. The number of hydrogen-bond donors (Lipinski definition) is 1. The number of nitrogens with zero attached hydrogens (tertiary/aromatic N) is 1. The summed E-state index contributed by atoms with van der Waals surface area (Å²) in [5.41, 5.74) is 1.81. The highest BCUT2D eigenvalue weighted by Crippen LogP contribution is 2.39. The zero-order chi connectivity index (χ0) is 28.7. The van der Waals surface area contributed by atoms with Gasteiger partial charge in [-0.1, -0.05) is 62.5 Å². The summed E-state index contributed by atoms with van der Waals surface area (Å²) in [6, 6.07) is 16.4. The van der Waals surface area contributed by atoms with E-state index in [9.17, 15) is 5.11 Å². The molecule has 4 nitrogen and oxygen atoms in total. The summed E-state index contributed by atoms with van der Waals surface area (Å²) in [5, 5.41) is 13.2. The molecule has 0 radical (unpaired) electrons. The summed E-state index contributed by atoms with van der Waals surface area (Å²) >= 11 is 0. The van der Waals surface area contributed by atoms with Gasteiger partial charge in [0.15, 0.2) is 0 Å². The van der Waals surface area contributed by atoms with E-state index in [2.05, 4.69) is 4.90 Å². The quantitative estimate of drug-likeness (QED) is 0.354. The van der Waals surface area contributed by atoms with Crippen LogP contribution in [0.3, 0.4) is 0 Å². The number of halogens is 2. The van der Waals surface area contributed by atoms with Crippen molar-refractivity contribution in [3.8, 4) is 11.5 Å². The second kappa shape index (κ2) is 11.2. The van der Waals surface area contributed by atoms with E-state index in [0.29, 0.717) is 33.0 Å². The molecule has 1 unspecified atom stereocenters. The average Bonchev–Trinajstić information content (AvgIpc) is 3.06. The maximum Gasteiger partial charge on any atom is 0.133 e. The van der Waals surface area contributed by atoms with E-state index < -0.39 is 19.7 Å².